The Labute approximate surface area is 300 Å². The zero-order valence-electron chi connectivity index (χ0n) is 32.7. The van der Waals surface area contributed by atoms with E-state index < -0.39 is 5.97 Å². The predicted molar refractivity (Wildman–Crippen MR) is 212 cm³/mol. The van der Waals surface area contributed by atoms with E-state index in [1.165, 1.54) is 154 Å². The third-order valence-corrected chi connectivity index (χ3v) is 9.73. The van der Waals surface area contributed by atoms with Gasteiger partial charge in [0, 0.05) is 6.92 Å². The van der Waals surface area contributed by atoms with Crippen molar-refractivity contribution in [2.45, 2.75) is 220 Å². The topological polar surface area (TPSA) is 27.7 Å². The van der Waals surface area contributed by atoms with Crippen LogP contribution in [-0.4, -0.2) is 25.3 Å². The van der Waals surface area contributed by atoms with Crippen molar-refractivity contribution in [3.63, 3.8) is 0 Å². The van der Waals surface area contributed by atoms with Crippen LogP contribution in [0.1, 0.15) is 207 Å². The first-order chi connectivity index (χ1) is 23.6. The summed E-state index contributed by atoms with van der Waals surface area (Å²) in [4.78, 5) is 0. The molecule has 1 rings (SSSR count). The third kappa shape index (κ3) is 28.7. The van der Waals surface area contributed by atoms with Gasteiger partial charge in [-0.05, 0) is 89.4 Å². The number of rotatable bonds is 35. The highest BCUT2D eigenvalue weighted by molar-refractivity contribution is 4.93. The second-order valence-corrected chi connectivity index (χ2v) is 14.6. The Morgan fingerprint density at radius 2 is 0.958 bits per heavy atom. The molecule has 48 heavy (non-hydrogen) atoms. The molecule has 1 aliphatic rings. The average Bonchev–Trinajstić information content (AvgIpc) is 3.46. The van der Waals surface area contributed by atoms with Crippen LogP contribution in [0.15, 0.2) is 48.6 Å². The van der Waals surface area contributed by atoms with Crippen molar-refractivity contribution in [2.75, 3.05) is 13.2 Å². The van der Waals surface area contributed by atoms with E-state index in [9.17, 15) is 0 Å². The molecule has 0 aromatic rings. The molecule has 2 atom stereocenters. The number of ether oxygens (including phenoxy) is 3. The fourth-order valence-electron chi connectivity index (χ4n) is 6.58. The minimum absolute atomic E-state index is 0.179. The fourth-order valence-corrected chi connectivity index (χ4v) is 6.58. The molecule has 0 aromatic carbocycles. The second-order valence-electron chi connectivity index (χ2n) is 14.6. The van der Waals surface area contributed by atoms with Crippen LogP contribution >= 0.6 is 0 Å². The molecule has 3 nitrogen and oxygen atoms in total. The maximum atomic E-state index is 6.32. The summed E-state index contributed by atoms with van der Waals surface area (Å²) in [6.07, 6.45) is 55.1. The molecule has 1 saturated heterocycles. The van der Waals surface area contributed by atoms with Crippen molar-refractivity contribution in [2.24, 2.45) is 5.92 Å². The Kier molecular flexibility index (Phi) is 32.1. The molecule has 1 aliphatic heterocycles. The van der Waals surface area contributed by atoms with E-state index in [-0.39, 0.29) is 6.10 Å². The van der Waals surface area contributed by atoms with Gasteiger partial charge in [0.15, 0.2) is 0 Å². The molecule has 0 N–H and O–H groups in total. The number of hydrogen-bond acceptors (Lipinski definition) is 3. The van der Waals surface area contributed by atoms with Gasteiger partial charge in [0.1, 0.15) is 0 Å². The molecule has 0 saturated carbocycles. The second kappa shape index (κ2) is 34.3. The first-order valence-corrected chi connectivity index (χ1v) is 21.2. The van der Waals surface area contributed by atoms with Crippen LogP contribution in [-0.2, 0) is 14.2 Å². The van der Waals surface area contributed by atoms with Gasteiger partial charge >= 0.3 is 0 Å². The summed E-state index contributed by atoms with van der Waals surface area (Å²) in [6, 6.07) is 0. The van der Waals surface area contributed by atoms with Crippen LogP contribution in [0.5, 0.6) is 0 Å². The van der Waals surface area contributed by atoms with Gasteiger partial charge < -0.3 is 14.2 Å². The van der Waals surface area contributed by atoms with E-state index in [0.29, 0.717) is 12.5 Å². The SMILES string of the molecule is CCCCC/C=C\C/C=C\CCCCCCCCC(CCCCCCCC/C=C\C/C=C\CCCCC)COC1(C)OCC(CCC)O1. The summed E-state index contributed by atoms with van der Waals surface area (Å²) in [5.41, 5.74) is 0. The quantitative estimate of drug-likeness (QED) is 0.0496. The van der Waals surface area contributed by atoms with E-state index in [2.05, 4.69) is 69.4 Å². The zero-order valence-corrected chi connectivity index (χ0v) is 32.7. The highest BCUT2D eigenvalue weighted by atomic mass is 16.9. The molecule has 0 bridgehead atoms. The Balaban J connectivity index is 2.19. The largest absolute Gasteiger partial charge is 0.327 e. The van der Waals surface area contributed by atoms with Gasteiger partial charge in [-0.25, -0.2) is 0 Å². The van der Waals surface area contributed by atoms with Gasteiger partial charge in [-0.1, -0.05) is 166 Å². The van der Waals surface area contributed by atoms with Crippen molar-refractivity contribution in [1.82, 2.24) is 0 Å². The molecule has 1 heterocycles. The lowest BCUT2D eigenvalue weighted by Crippen LogP contribution is -2.32. The summed E-state index contributed by atoms with van der Waals surface area (Å²) in [7, 11) is 0. The first kappa shape index (κ1) is 44.9. The lowest BCUT2D eigenvalue weighted by Gasteiger charge is -2.26. The molecule has 0 aromatic heterocycles. The van der Waals surface area contributed by atoms with Gasteiger partial charge in [0.2, 0.25) is 0 Å². The molecular weight excluding hydrogens is 588 g/mol. The Morgan fingerprint density at radius 3 is 1.40 bits per heavy atom. The standard InChI is InChI=1S/C45H82O3/c1-5-8-10-12-14-16-18-20-22-24-26-28-30-32-34-36-39-43(41-46-45(4)47-42-44(48-45)38-7-3)40-37-35-33-31-29-27-25-23-21-19-17-15-13-11-9-6-2/h14-17,20-23,43-44H,5-13,18-19,24-42H2,1-4H3/b16-14-,17-15-,22-20-,23-21-. The smallest absolute Gasteiger partial charge is 0.280 e. The van der Waals surface area contributed by atoms with Gasteiger partial charge in [0.05, 0.1) is 19.3 Å². The first-order valence-electron chi connectivity index (χ1n) is 21.2. The van der Waals surface area contributed by atoms with Gasteiger partial charge in [-0.3, -0.25) is 0 Å². The molecular formula is C45H82O3. The Bertz CT molecular complexity index is 735. The summed E-state index contributed by atoms with van der Waals surface area (Å²) in [6.45, 7) is 10.1. The number of allylic oxidation sites excluding steroid dienone is 8. The third-order valence-electron chi connectivity index (χ3n) is 9.73. The average molecular weight is 671 g/mol. The van der Waals surface area contributed by atoms with Crippen molar-refractivity contribution >= 4 is 0 Å². The Morgan fingerprint density at radius 1 is 0.542 bits per heavy atom. The van der Waals surface area contributed by atoms with Crippen LogP contribution < -0.4 is 0 Å². The molecule has 1 fully saturated rings. The lowest BCUT2D eigenvalue weighted by molar-refractivity contribution is -0.329. The molecule has 0 amide bonds. The van der Waals surface area contributed by atoms with E-state index in [0.717, 1.165) is 32.3 Å². The van der Waals surface area contributed by atoms with Gasteiger partial charge in [0.25, 0.3) is 5.97 Å². The summed E-state index contributed by atoms with van der Waals surface area (Å²) in [5, 5.41) is 0. The van der Waals surface area contributed by atoms with E-state index in [1.54, 1.807) is 0 Å². The maximum Gasteiger partial charge on any atom is 0.280 e. The molecule has 0 spiro atoms. The molecule has 3 heteroatoms. The molecule has 0 aliphatic carbocycles. The highest BCUT2D eigenvalue weighted by Crippen LogP contribution is 2.29. The monoisotopic (exact) mass is 671 g/mol. The van der Waals surface area contributed by atoms with Crippen molar-refractivity contribution in [1.29, 1.82) is 0 Å². The van der Waals surface area contributed by atoms with Crippen molar-refractivity contribution < 1.29 is 14.2 Å². The maximum absolute atomic E-state index is 6.32. The molecule has 280 valence electrons. The fraction of sp³-hybridized carbons (Fsp3) is 0.822. The lowest BCUT2D eigenvalue weighted by atomic mass is 9.94. The van der Waals surface area contributed by atoms with Crippen molar-refractivity contribution in [3.05, 3.63) is 48.6 Å². The zero-order chi connectivity index (χ0) is 34.6. The number of hydrogen-bond donors (Lipinski definition) is 0. The predicted octanol–water partition coefficient (Wildman–Crippen LogP) is 14.9. The molecule has 0 radical (unpaired) electrons. The van der Waals surface area contributed by atoms with Crippen LogP contribution in [0.3, 0.4) is 0 Å². The number of unbranched alkanes of at least 4 members (excludes halogenated alkanes) is 18. The van der Waals surface area contributed by atoms with Crippen LogP contribution in [0.25, 0.3) is 0 Å². The van der Waals surface area contributed by atoms with Crippen LogP contribution in [0, 0.1) is 5.92 Å². The van der Waals surface area contributed by atoms with E-state index in [1.807, 2.05) is 6.92 Å². The minimum atomic E-state index is -0.850. The van der Waals surface area contributed by atoms with Crippen LogP contribution in [0.4, 0.5) is 0 Å². The van der Waals surface area contributed by atoms with E-state index >= 15 is 0 Å². The van der Waals surface area contributed by atoms with Crippen LogP contribution in [0.2, 0.25) is 0 Å². The summed E-state index contributed by atoms with van der Waals surface area (Å²) in [5.74, 6) is -0.243. The normalized spacial score (nSPS) is 18.7. The summed E-state index contributed by atoms with van der Waals surface area (Å²) >= 11 is 0. The Hall–Kier alpha value is -1.16. The minimum Gasteiger partial charge on any atom is -0.327 e. The highest BCUT2D eigenvalue weighted by Gasteiger charge is 2.38. The van der Waals surface area contributed by atoms with Gasteiger partial charge in [-0.2, -0.15) is 0 Å². The summed E-state index contributed by atoms with van der Waals surface area (Å²) < 4.78 is 18.4. The van der Waals surface area contributed by atoms with Crippen molar-refractivity contribution in [3.8, 4) is 0 Å². The van der Waals surface area contributed by atoms with Gasteiger partial charge in [-0.15, -0.1) is 0 Å². The molecule has 2 unspecified atom stereocenters. The van der Waals surface area contributed by atoms with E-state index in [4.69, 9.17) is 14.2 Å².